The zero-order chi connectivity index (χ0) is 16.1. The number of aromatic carboxylic acids is 1. The summed E-state index contributed by atoms with van der Waals surface area (Å²) in [6, 6.07) is 7.16. The minimum absolute atomic E-state index is 0.0149. The fraction of sp³-hybridized carbons (Fsp3) is 0.250. The van der Waals surface area contributed by atoms with Crippen molar-refractivity contribution in [3.8, 4) is 23.2 Å². The molecule has 0 fully saturated rings. The van der Waals surface area contributed by atoms with Crippen LogP contribution in [0, 0.1) is 17.2 Å². The van der Waals surface area contributed by atoms with Gasteiger partial charge in [-0.3, -0.25) is 0 Å². The van der Waals surface area contributed by atoms with E-state index in [9.17, 15) is 10.1 Å². The third-order valence-electron chi connectivity index (χ3n) is 2.83. The van der Waals surface area contributed by atoms with Gasteiger partial charge < -0.3 is 9.84 Å². The lowest BCUT2D eigenvalue weighted by Gasteiger charge is -2.10. The lowest BCUT2D eigenvalue weighted by molar-refractivity contribution is 0.0696. The van der Waals surface area contributed by atoms with E-state index in [0.717, 1.165) is 0 Å². The standard InChI is InChI=1S/C16H15N3O3/c1-10(2)9-22-14-4-3-11(5-12(14)6-17)15-18-7-13(8-19-15)16(20)21/h3-5,7-8,10H,9H2,1-2H3,(H,20,21). The quantitative estimate of drug-likeness (QED) is 0.911. The Morgan fingerprint density at radius 2 is 2.05 bits per heavy atom. The minimum Gasteiger partial charge on any atom is -0.492 e. The summed E-state index contributed by atoms with van der Waals surface area (Å²) < 4.78 is 5.59. The van der Waals surface area contributed by atoms with E-state index in [1.54, 1.807) is 18.2 Å². The molecule has 1 aromatic carbocycles. The second-order valence-electron chi connectivity index (χ2n) is 5.13. The van der Waals surface area contributed by atoms with E-state index in [1.807, 2.05) is 13.8 Å². The van der Waals surface area contributed by atoms with Gasteiger partial charge in [-0.25, -0.2) is 14.8 Å². The predicted molar refractivity (Wildman–Crippen MR) is 79.5 cm³/mol. The first-order chi connectivity index (χ1) is 10.5. The first kappa shape index (κ1) is 15.4. The van der Waals surface area contributed by atoms with E-state index in [-0.39, 0.29) is 5.56 Å². The molecule has 0 unspecified atom stereocenters. The molecule has 0 spiro atoms. The van der Waals surface area contributed by atoms with Gasteiger partial charge in [-0.1, -0.05) is 13.8 Å². The maximum absolute atomic E-state index is 10.8. The van der Waals surface area contributed by atoms with Gasteiger partial charge in [0.05, 0.1) is 17.7 Å². The van der Waals surface area contributed by atoms with Gasteiger partial charge in [0.1, 0.15) is 11.8 Å². The van der Waals surface area contributed by atoms with Gasteiger partial charge in [0.2, 0.25) is 0 Å². The molecule has 0 bridgehead atoms. The molecule has 0 aliphatic rings. The molecule has 0 radical (unpaired) electrons. The molecule has 6 heteroatoms. The van der Waals surface area contributed by atoms with Crippen molar-refractivity contribution in [1.29, 1.82) is 5.26 Å². The highest BCUT2D eigenvalue weighted by Crippen LogP contribution is 2.24. The number of carboxylic acid groups (broad SMARTS) is 1. The number of carboxylic acids is 1. The van der Waals surface area contributed by atoms with Crippen LogP contribution in [-0.2, 0) is 0 Å². The predicted octanol–water partition coefficient (Wildman–Crippen LogP) is 2.75. The summed E-state index contributed by atoms with van der Waals surface area (Å²) in [6.07, 6.45) is 2.47. The molecule has 2 rings (SSSR count). The van der Waals surface area contributed by atoms with Gasteiger partial charge in [-0.15, -0.1) is 0 Å². The SMILES string of the molecule is CC(C)COc1ccc(-c2ncc(C(=O)O)cn2)cc1C#N. The van der Waals surface area contributed by atoms with E-state index >= 15 is 0 Å². The Hall–Kier alpha value is -2.94. The average molecular weight is 297 g/mol. The monoisotopic (exact) mass is 297 g/mol. The van der Waals surface area contributed by atoms with Crippen molar-refractivity contribution in [2.24, 2.45) is 5.92 Å². The van der Waals surface area contributed by atoms with Crippen LogP contribution >= 0.6 is 0 Å². The molecule has 1 heterocycles. The van der Waals surface area contributed by atoms with Crippen molar-refractivity contribution in [2.45, 2.75) is 13.8 Å². The normalized spacial score (nSPS) is 10.3. The molecule has 0 atom stereocenters. The zero-order valence-electron chi connectivity index (χ0n) is 12.3. The molecular weight excluding hydrogens is 282 g/mol. The number of hydrogen-bond acceptors (Lipinski definition) is 5. The van der Waals surface area contributed by atoms with Crippen LogP contribution in [0.2, 0.25) is 0 Å². The van der Waals surface area contributed by atoms with Crippen molar-refractivity contribution in [1.82, 2.24) is 9.97 Å². The van der Waals surface area contributed by atoms with Gasteiger partial charge in [-0.05, 0) is 24.1 Å². The molecule has 0 aliphatic carbocycles. The lowest BCUT2D eigenvalue weighted by Crippen LogP contribution is -2.05. The molecule has 0 saturated heterocycles. The molecule has 1 N–H and O–H groups in total. The Labute approximate surface area is 128 Å². The van der Waals surface area contributed by atoms with Crippen LogP contribution < -0.4 is 4.74 Å². The molecule has 0 amide bonds. The number of hydrogen-bond donors (Lipinski definition) is 1. The van der Waals surface area contributed by atoms with Gasteiger partial charge in [0, 0.05) is 18.0 Å². The van der Waals surface area contributed by atoms with Crippen molar-refractivity contribution in [3.05, 3.63) is 41.7 Å². The second kappa shape index (κ2) is 6.68. The van der Waals surface area contributed by atoms with Crippen molar-refractivity contribution in [2.75, 3.05) is 6.61 Å². The van der Waals surface area contributed by atoms with Crippen molar-refractivity contribution < 1.29 is 14.6 Å². The largest absolute Gasteiger partial charge is 0.492 e. The Balaban J connectivity index is 2.29. The highest BCUT2D eigenvalue weighted by atomic mass is 16.5. The van der Waals surface area contributed by atoms with Gasteiger partial charge in [-0.2, -0.15) is 5.26 Å². The number of ether oxygens (including phenoxy) is 1. The summed E-state index contributed by atoms with van der Waals surface area (Å²) in [5, 5.41) is 18.1. The topological polar surface area (TPSA) is 96.1 Å². The van der Waals surface area contributed by atoms with E-state index in [2.05, 4.69) is 16.0 Å². The second-order valence-corrected chi connectivity index (χ2v) is 5.13. The highest BCUT2D eigenvalue weighted by Gasteiger charge is 2.10. The van der Waals surface area contributed by atoms with E-state index < -0.39 is 5.97 Å². The number of nitriles is 1. The fourth-order valence-electron chi connectivity index (χ4n) is 1.73. The Bertz CT molecular complexity index is 718. The first-order valence-electron chi connectivity index (χ1n) is 6.74. The van der Waals surface area contributed by atoms with Crippen LogP contribution in [-0.4, -0.2) is 27.7 Å². The van der Waals surface area contributed by atoms with Crippen molar-refractivity contribution >= 4 is 5.97 Å². The highest BCUT2D eigenvalue weighted by molar-refractivity contribution is 5.86. The molecule has 6 nitrogen and oxygen atoms in total. The van der Waals surface area contributed by atoms with Crippen molar-refractivity contribution in [3.63, 3.8) is 0 Å². The smallest absolute Gasteiger partial charge is 0.338 e. The van der Waals surface area contributed by atoms with Crippen LogP contribution in [0.5, 0.6) is 5.75 Å². The molecule has 0 saturated carbocycles. The molecular formula is C16H15N3O3. The van der Waals surface area contributed by atoms with Crippen LogP contribution in [0.25, 0.3) is 11.4 Å². The summed E-state index contributed by atoms with van der Waals surface area (Å²) in [4.78, 5) is 18.8. The Kier molecular flexibility index (Phi) is 4.69. The maximum Gasteiger partial charge on any atom is 0.338 e. The van der Waals surface area contributed by atoms with Crippen LogP contribution in [0.4, 0.5) is 0 Å². The minimum atomic E-state index is -1.08. The molecule has 112 valence electrons. The summed E-state index contributed by atoms with van der Waals surface area (Å²) in [5.74, 6) is 0.152. The van der Waals surface area contributed by atoms with Gasteiger partial charge in [0.25, 0.3) is 0 Å². The summed E-state index contributed by atoms with van der Waals surface area (Å²) in [6.45, 7) is 4.58. The van der Waals surface area contributed by atoms with Crippen LogP contribution in [0.1, 0.15) is 29.8 Å². The third kappa shape index (κ3) is 3.58. The number of nitrogens with zero attached hydrogens (tertiary/aromatic N) is 3. The summed E-state index contributed by atoms with van der Waals surface area (Å²) >= 11 is 0. The number of carbonyl (C=O) groups is 1. The molecule has 22 heavy (non-hydrogen) atoms. The Morgan fingerprint density at radius 1 is 1.36 bits per heavy atom. The number of benzene rings is 1. The summed E-state index contributed by atoms with van der Waals surface area (Å²) in [5.41, 5.74) is 1.04. The van der Waals surface area contributed by atoms with Gasteiger partial charge in [0.15, 0.2) is 5.82 Å². The number of rotatable bonds is 5. The van der Waals surface area contributed by atoms with E-state index in [0.29, 0.717) is 35.2 Å². The summed E-state index contributed by atoms with van der Waals surface area (Å²) in [7, 11) is 0. The molecule has 1 aromatic heterocycles. The first-order valence-corrected chi connectivity index (χ1v) is 6.74. The maximum atomic E-state index is 10.8. The molecule has 2 aromatic rings. The lowest BCUT2D eigenvalue weighted by atomic mass is 10.1. The zero-order valence-corrected chi connectivity index (χ0v) is 12.3. The Morgan fingerprint density at radius 3 is 2.59 bits per heavy atom. The average Bonchev–Trinajstić information content (AvgIpc) is 2.52. The number of aromatic nitrogens is 2. The molecule has 0 aliphatic heterocycles. The van der Waals surface area contributed by atoms with Gasteiger partial charge >= 0.3 is 5.97 Å². The van der Waals surface area contributed by atoms with E-state index in [1.165, 1.54) is 12.4 Å². The van der Waals surface area contributed by atoms with Crippen LogP contribution in [0.15, 0.2) is 30.6 Å². The van der Waals surface area contributed by atoms with E-state index in [4.69, 9.17) is 9.84 Å². The van der Waals surface area contributed by atoms with Crippen LogP contribution in [0.3, 0.4) is 0 Å². The third-order valence-corrected chi connectivity index (χ3v) is 2.83. The fourth-order valence-corrected chi connectivity index (χ4v) is 1.73.